The van der Waals surface area contributed by atoms with Gasteiger partial charge in [-0.1, -0.05) is 0 Å². The van der Waals surface area contributed by atoms with Gasteiger partial charge in [-0.15, -0.1) is 13.2 Å². The fourth-order valence-corrected chi connectivity index (χ4v) is 1.97. The number of halogens is 3. The Bertz CT molecular complexity index is 431. The molecule has 1 aliphatic rings. The third-order valence-corrected chi connectivity index (χ3v) is 2.86. The van der Waals surface area contributed by atoms with Crippen molar-refractivity contribution in [2.45, 2.75) is 25.3 Å². The molecule has 1 fully saturated rings. The highest BCUT2D eigenvalue weighted by atomic mass is 19.4. The van der Waals surface area contributed by atoms with E-state index in [1.807, 2.05) is 0 Å². The van der Waals surface area contributed by atoms with Gasteiger partial charge in [0.1, 0.15) is 0 Å². The average molecular weight is 275 g/mol. The van der Waals surface area contributed by atoms with Crippen LogP contribution < -0.4 is 0 Å². The van der Waals surface area contributed by atoms with Crippen LogP contribution in [0.25, 0.3) is 0 Å². The van der Waals surface area contributed by atoms with Crippen LogP contribution in [0.15, 0.2) is 18.5 Å². The predicted octanol–water partition coefficient (Wildman–Crippen LogP) is 1.62. The molecule has 1 aromatic heterocycles. The number of piperidine rings is 1. The lowest BCUT2D eigenvalue weighted by atomic mass is 10.1. The summed E-state index contributed by atoms with van der Waals surface area (Å²) in [5, 5.41) is 7.15. The number of hydrogen-bond acceptors (Lipinski definition) is 4. The highest BCUT2D eigenvalue weighted by molar-refractivity contribution is 5.93. The molecule has 0 unspecified atom stereocenters. The van der Waals surface area contributed by atoms with Gasteiger partial charge in [0.25, 0.3) is 5.91 Å². The number of carbonyl (C=O) groups is 1. The number of aromatic nitrogens is 2. The number of hydrogen-bond donors (Lipinski definition) is 0. The zero-order valence-corrected chi connectivity index (χ0v) is 9.93. The van der Waals surface area contributed by atoms with Gasteiger partial charge in [-0.25, -0.2) is 0 Å². The first-order chi connectivity index (χ1) is 8.96. The van der Waals surface area contributed by atoms with Crippen molar-refractivity contribution in [3.05, 3.63) is 24.0 Å². The summed E-state index contributed by atoms with van der Waals surface area (Å²) in [6.07, 6.45) is -2.42. The van der Waals surface area contributed by atoms with E-state index in [0.717, 1.165) is 0 Å². The van der Waals surface area contributed by atoms with E-state index in [9.17, 15) is 18.0 Å². The van der Waals surface area contributed by atoms with Crippen molar-refractivity contribution >= 4 is 5.91 Å². The van der Waals surface area contributed by atoms with Crippen LogP contribution in [-0.4, -0.2) is 46.6 Å². The van der Waals surface area contributed by atoms with Crippen LogP contribution in [0.2, 0.25) is 0 Å². The van der Waals surface area contributed by atoms with Crippen molar-refractivity contribution in [1.82, 2.24) is 15.1 Å². The molecule has 104 valence electrons. The number of alkyl halides is 3. The number of likely N-dealkylation sites (tertiary alicyclic amines) is 1. The van der Waals surface area contributed by atoms with Gasteiger partial charge in [0.2, 0.25) is 0 Å². The zero-order valence-electron chi connectivity index (χ0n) is 9.93. The van der Waals surface area contributed by atoms with Gasteiger partial charge in [0.05, 0.1) is 24.1 Å². The van der Waals surface area contributed by atoms with Crippen LogP contribution in [0.5, 0.6) is 0 Å². The minimum absolute atomic E-state index is 0.170. The zero-order chi connectivity index (χ0) is 13.9. The first-order valence-electron chi connectivity index (χ1n) is 5.76. The summed E-state index contributed by atoms with van der Waals surface area (Å²) in [5.74, 6) is -0.250. The number of rotatable bonds is 2. The van der Waals surface area contributed by atoms with Crippen molar-refractivity contribution in [2.75, 3.05) is 13.1 Å². The fraction of sp³-hybridized carbons (Fsp3) is 0.545. The lowest BCUT2D eigenvalue weighted by Crippen LogP contribution is -2.42. The van der Waals surface area contributed by atoms with E-state index in [4.69, 9.17) is 0 Å². The molecule has 1 aliphatic heterocycles. The first kappa shape index (κ1) is 13.7. The summed E-state index contributed by atoms with van der Waals surface area (Å²) in [5.41, 5.74) is 0.380. The Morgan fingerprint density at radius 1 is 1.32 bits per heavy atom. The molecule has 8 heteroatoms. The van der Waals surface area contributed by atoms with E-state index in [0.29, 0.717) is 5.56 Å². The van der Waals surface area contributed by atoms with E-state index in [-0.39, 0.29) is 31.8 Å². The third kappa shape index (κ3) is 3.88. The van der Waals surface area contributed by atoms with Gasteiger partial charge in [0, 0.05) is 13.1 Å². The Balaban J connectivity index is 1.88. The van der Waals surface area contributed by atoms with Gasteiger partial charge >= 0.3 is 6.36 Å². The lowest BCUT2D eigenvalue weighted by molar-refractivity contribution is -0.345. The largest absolute Gasteiger partial charge is 0.522 e. The average Bonchev–Trinajstić information content (AvgIpc) is 2.38. The molecule has 2 heterocycles. The molecule has 0 radical (unpaired) electrons. The maximum atomic E-state index is 12.0. The second-order valence-electron chi connectivity index (χ2n) is 4.19. The molecule has 2 rings (SSSR count). The number of carbonyl (C=O) groups excluding carboxylic acids is 1. The van der Waals surface area contributed by atoms with Gasteiger partial charge in [-0.05, 0) is 18.9 Å². The van der Waals surface area contributed by atoms with Crippen LogP contribution in [-0.2, 0) is 4.74 Å². The SMILES string of the molecule is O=C(c1ccnnc1)N1CCC(OC(F)(F)F)CC1. The number of amides is 1. The normalized spacial score (nSPS) is 17.5. The minimum atomic E-state index is -4.62. The van der Waals surface area contributed by atoms with Gasteiger partial charge in [-0.2, -0.15) is 10.2 Å². The van der Waals surface area contributed by atoms with E-state index in [1.165, 1.54) is 23.4 Å². The summed E-state index contributed by atoms with van der Waals surface area (Å²) in [6, 6.07) is 1.52. The molecule has 0 spiro atoms. The molecule has 0 aliphatic carbocycles. The smallest absolute Gasteiger partial charge is 0.338 e. The summed E-state index contributed by atoms with van der Waals surface area (Å²) < 4.78 is 40.1. The van der Waals surface area contributed by atoms with Gasteiger partial charge in [-0.3, -0.25) is 9.53 Å². The molecule has 1 aromatic rings. The van der Waals surface area contributed by atoms with E-state index < -0.39 is 12.5 Å². The molecule has 5 nitrogen and oxygen atoms in total. The van der Waals surface area contributed by atoms with E-state index in [1.54, 1.807) is 0 Å². The molecule has 0 aromatic carbocycles. The van der Waals surface area contributed by atoms with Crippen LogP contribution in [0.4, 0.5) is 13.2 Å². The van der Waals surface area contributed by atoms with E-state index in [2.05, 4.69) is 14.9 Å². The summed E-state index contributed by atoms with van der Waals surface area (Å²) in [7, 11) is 0. The Hall–Kier alpha value is -1.70. The fourth-order valence-electron chi connectivity index (χ4n) is 1.97. The summed E-state index contributed by atoms with van der Waals surface area (Å²) in [4.78, 5) is 13.5. The minimum Gasteiger partial charge on any atom is -0.338 e. The molecule has 0 N–H and O–H groups in total. The van der Waals surface area contributed by atoms with Crippen LogP contribution >= 0.6 is 0 Å². The highest BCUT2D eigenvalue weighted by Gasteiger charge is 2.35. The lowest BCUT2D eigenvalue weighted by Gasteiger charge is -2.32. The van der Waals surface area contributed by atoms with Crippen molar-refractivity contribution in [2.24, 2.45) is 0 Å². The number of nitrogens with zero attached hydrogens (tertiary/aromatic N) is 3. The maximum Gasteiger partial charge on any atom is 0.522 e. The van der Waals surface area contributed by atoms with Crippen molar-refractivity contribution in [3.8, 4) is 0 Å². The molecule has 19 heavy (non-hydrogen) atoms. The summed E-state index contributed by atoms with van der Waals surface area (Å²) >= 11 is 0. The molecule has 0 atom stereocenters. The Morgan fingerprint density at radius 3 is 2.53 bits per heavy atom. The standard InChI is InChI=1S/C11H12F3N3O2/c12-11(13,14)19-9-2-5-17(6-3-9)10(18)8-1-4-15-16-7-8/h1,4,7,9H,2-3,5-6H2. The Morgan fingerprint density at radius 2 is 2.00 bits per heavy atom. The second-order valence-corrected chi connectivity index (χ2v) is 4.19. The number of ether oxygens (including phenoxy) is 1. The van der Waals surface area contributed by atoms with Crippen molar-refractivity contribution < 1.29 is 22.7 Å². The molecule has 1 amide bonds. The molecular formula is C11H12F3N3O2. The first-order valence-corrected chi connectivity index (χ1v) is 5.76. The third-order valence-electron chi connectivity index (χ3n) is 2.86. The summed E-state index contributed by atoms with van der Waals surface area (Å²) in [6.45, 7) is 0.476. The van der Waals surface area contributed by atoms with Gasteiger partial charge in [0.15, 0.2) is 0 Å². The van der Waals surface area contributed by atoms with Crippen LogP contribution in [0.1, 0.15) is 23.2 Å². The topological polar surface area (TPSA) is 55.3 Å². The molecule has 1 saturated heterocycles. The Labute approximate surface area is 107 Å². The quantitative estimate of drug-likeness (QED) is 0.823. The van der Waals surface area contributed by atoms with E-state index >= 15 is 0 Å². The second kappa shape index (κ2) is 5.52. The monoisotopic (exact) mass is 275 g/mol. The molecule has 0 bridgehead atoms. The molecular weight excluding hydrogens is 263 g/mol. The van der Waals surface area contributed by atoms with Crippen LogP contribution in [0.3, 0.4) is 0 Å². The van der Waals surface area contributed by atoms with Crippen LogP contribution in [0, 0.1) is 0 Å². The molecule has 0 saturated carbocycles. The maximum absolute atomic E-state index is 12.0. The Kier molecular flexibility index (Phi) is 3.98. The highest BCUT2D eigenvalue weighted by Crippen LogP contribution is 2.24. The predicted molar refractivity (Wildman–Crippen MR) is 58.1 cm³/mol. The van der Waals surface area contributed by atoms with Crippen molar-refractivity contribution in [1.29, 1.82) is 0 Å². The van der Waals surface area contributed by atoms with Crippen molar-refractivity contribution in [3.63, 3.8) is 0 Å². The van der Waals surface area contributed by atoms with Gasteiger partial charge < -0.3 is 4.90 Å².